The molecule has 0 spiro atoms. The van der Waals surface area contributed by atoms with Gasteiger partial charge in [0.1, 0.15) is 5.82 Å². The first-order valence-electron chi connectivity index (χ1n) is 11.9. The minimum absolute atomic E-state index is 0.0929. The molecule has 0 saturated carbocycles. The van der Waals surface area contributed by atoms with Crippen LogP contribution in [0.1, 0.15) is 77.5 Å². The third kappa shape index (κ3) is 4.27. The lowest BCUT2D eigenvalue weighted by Gasteiger charge is -2.22. The number of imidazole rings is 1. The Hall–Kier alpha value is -3.33. The van der Waals surface area contributed by atoms with E-state index >= 15 is 0 Å². The van der Waals surface area contributed by atoms with Gasteiger partial charge in [0.15, 0.2) is 0 Å². The predicted octanol–water partition coefficient (Wildman–Crippen LogP) is 4.88. The van der Waals surface area contributed by atoms with Crippen LogP contribution >= 0.6 is 11.3 Å². The summed E-state index contributed by atoms with van der Waals surface area (Å²) in [7, 11) is 0. The van der Waals surface area contributed by atoms with Crippen LogP contribution in [-0.4, -0.2) is 35.6 Å². The van der Waals surface area contributed by atoms with Crippen molar-refractivity contribution in [2.75, 3.05) is 0 Å². The van der Waals surface area contributed by atoms with Crippen molar-refractivity contribution in [3.05, 3.63) is 63.9 Å². The monoisotopic (exact) mass is 475 g/mol. The quantitative estimate of drug-likeness (QED) is 0.397. The highest BCUT2D eigenvalue weighted by Crippen LogP contribution is 2.29. The predicted molar refractivity (Wildman–Crippen MR) is 132 cm³/mol. The van der Waals surface area contributed by atoms with Crippen molar-refractivity contribution < 1.29 is 4.79 Å². The average molecular weight is 476 g/mol. The molecule has 4 aromatic heterocycles. The Morgan fingerprint density at radius 2 is 2.18 bits per heavy atom. The van der Waals surface area contributed by atoms with Gasteiger partial charge in [-0.1, -0.05) is 19.4 Å². The second-order valence-electron chi connectivity index (χ2n) is 8.80. The van der Waals surface area contributed by atoms with Crippen LogP contribution in [-0.2, 0) is 12.8 Å². The van der Waals surface area contributed by atoms with Crippen LogP contribution in [0.5, 0.6) is 0 Å². The number of hydrogen-bond donors (Lipinski definition) is 2. The fourth-order valence-electron chi connectivity index (χ4n) is 4.55. The maximum Gasteiger partial charge on any atom is 0.255 e. The molecule has 8 nitrogen and oxygen atoms in total. The zero-order valence-corrected chi connectivity index (χ0v) is 20.6. The highest BCUT2D eigenvalue weighted by Gasteiger charge is 2.28. The van der Waals surface area contributed by atoms with Crippen LogP contribution in [0.4, 0.5) is 0 Å². The molecule has 9 heteroatoms. The summed E-state index contributed by atoms with van der Waals surface area (Å²) in [6, 6.07) is 3.98. The molecule has 34 heavy (non-hydrogen) atoms. The largest absolute Gasteiger partial charge is 0.346 e. The Bertz CT molecular complexity index is 1310. The molecular formula is C25H29N7OS. The molecule has 4 heterocycles. The summed E-state index contributed by atoms with van der Waals surface area (Å²) in [6.45, 7) is 6.10. The molecule has 1 aliphatic carbocycles. The van der Waals surface area contributed by atoms with Gasteiger partial charge in [-0.2, -0.15) is 5.10 Å². The fourth-order valence-corrected chi connectivity index (χ4v) is 5.33. The summed E-state index contributed by atoms with van der Waals surface area (Å²) in [5, 5.41) is 9.82. The molecule has 4 aromatic rings. The van der Waals surface area contributed by atoms with Crippen LogP contribution in [0, 0.1) is 13.8 Å². The third-order valence-corrected chi connectivity index (χ3v) is 7.14. The number of thiophene rings is 1. The molecule has 2 N–H and O–H groups in total. The first-order valence-corrected chi connectivity index (χ1v) is 12.7. The highest BCUT2D eigenvalue weighted by atomic mass is 32.1. The van der Waals surface area contributed by atoms with E-state index in [0.717, 1.165) is 77.6 Å². The SMILES string of the molecule is CCCCc1c(C(=O)NC2CCCc3[nH]c(C)nc32)cnn1-c1ncc(C)c(-c2cccs2)n1. The van der Waals surface area contributed by atoms with Gasteiger partial charge in [-0.25, -0.2) is 19.6 Å². The number of fused-ring (bicyclic) bond motifs is 1. The number of nitrogens with zero attached hydrogens (tertiary/aromatic N) is 5. The summed E-state index contributed by atoms with van der Waals surface area (Å²) in [4.78, 5) is 31.9. The molecule has 1 unspecified atom stereocenters. The number of rotatable bonds is 7. The Kier molecular flexibility index (Phi) is 6.28. The number of aromatic amines is 1. The van der Waals surface area contributed by atoms with E-state index in [1.165, 1.54) is 0 Å². The number of aryl methyl sites for hydroxylation is 3. The van der Waals surface area contributed by atoms with Crippen LogP contribution in [0.15, 0.2) is 29.9 Å². The van der Waals surface area contributed by atoms with Crippen molar-refractivity contribution in [3.8, 4) is 16.5 Å². The topological polar surface area (TPSA) is 101 Å². The van der Waals surface area contributed by atoms with Crippen LogP contribution < -0.4 is 5.32 Å². The van der Waals surface area contributed by atoms with E-state index < -0.39 is 0 Å². The maximum atomic E-state index is 13.4. The van der Waals surface area contributed by atoms with Gasteiger partial charge in [-0.3, -0.25) is 4.79 Å². The number of amides is 1. The average Bonchev–Trinajstić information content (AvgIpc) is 3.57. The third-order valence-electron chi connectivity index (χ3n) is 6.27. The molecule has 0 aromatic carbocycles. The molecule has 0 bridgehead atoms. The van der Waals surface area contributed by atoms with Crippen LogP contribution in [0.3, 0.4) is 0 Å². The second-order valence-corrected chi connectivity index (χ2v) is 9.75. The van der Waals surface area contributed by atoms with E-state index in [1.807, 2.05) is 31.5 Å². The standard InChI is InChI=1S/C25H29N7OS/c1-4-5-10-20-17(24(33)30-19-9-6-8-18-23(19)29-16(3)28-18)14-27-32(20)25-26-13-15(2)22(31-25)21-11-7-12-34-21/h7,11-14,19H,4-6,8-10H2,1-3H3,(H,28,29)(H,30,33). The first-order chi connectivity index (χ1) is 16.5. The molecule has 176 valence electrons. The molecule has 1 atom stereocenters. The second kappa shape index (κ2) is 9.50. The Morgan fingerprint density at radius 1 is 1.29 bits per heavy atom. The summed E-state index contributed by atoms with van der Waals surface area (Å²) in [6.07, 6.45) is 9.03. The summed E-state index contributed by atoms with van der Waals surface area (Å²) in [5.41, 5.74) is 5.41. The van der Waals surface area contributed by atoms with Crippen molar-refractivity contribution >= 4 is 17.2 Å². The van der Waals surface area contributed by atoms with Gasteiger partial charge >= 0.3 is 0 Å². The summed E-state index contributed by atoms with van der Waals surface area (Å²) >= 11 is 1.65. The lowest BCUT2D eigenvalue weighted by atomic mass is 9.96. The van der Waals surface area contributed by atoms with Crippen molar-refractivity contribution in [1.82, 2.24) is 35.0 Å². The number of nitrogens with one attached hydrogen (secondary N) is 2. The Morgan fingerprint density at radius 3 is 2.97 bits per heavy atom. The molecule has 0 aliphatic heterocycles. The zero-order valence-electron chi connectivity index (χ0n) is 19.8. The molecule has 0 fully saturated rings. The van der Waals surface area contributed by atoms with Gasteiger partial charge < -0.3 is 10.3 Å². The molecular weight excluding hydrogens is 446 g/mol. The van der Waals surface area contributed by atoms with Crippen LogP contribution in [0.25, 0.3) is 16.5 Å². The zero-order chi connectivity index (χ0) is 23.7. The number of hydrogen-bond acceptors (Lipinski definition) is 6. The van der Waals surface area contributed by atoms with E-state index in [1.54, 1.807) is 22.2 Å². The first kappa shape index (κ1) is 22.5. The van der Waals surface area contributed by atoms with Crippen molar-refractivity contribution in [2.45, 2.75) is 65.3 Å². The van der Waals surface area contributed by atoms with E-state index in [-0.39, 0.29) is 11.9 Å². The van der Waals surface area contributed by atoms with Crippen LogP contribution in [0.2, 0.25) is 0 Å². The number of carbonyl (C=O) groups excluding carboxylic acids is 1. The highest BCUT2D eigenvalue weighted by molar-refractivity contribution is 7.13. The van der Waals surface area contributed by atoms with Crippen molar-refractivity contribution in [2.24, 2.45) is 0 Å². The lowest BCUT2D eigenvalue weighted by molar-refractivity contribution is 0.0930. The van der Waals surface area contributed by atoms with Crippen molar-refractivity contribution in [1.29, 1.82) is 0 Å². The van der Waals surface area contributed by atoms with E-state index in [2.05, 4.69) is 38.4 Å². The fraction of sp³-hybridized carbons (Fsp3) is 0.400. The Balaban J connectivity index is 1.48. The number of unbranched alkanes of at least 4 members (excludes halogenated alkanes) is 1. The normalized spacial score (nSPS) is 15.3. The number of carbonyl (C=O) groups is 1. The Labute approximate surface area is 202 Å². The smallest absolute Gasteiger partial charge is 0.255 e. The number of aromatic nitrogens is 6. The van der Waals surface area contributed by atoms with Gasteiger partial charge in [-0.05, 0) is 63.0 Å². The van der Waals surface area contributed by atoms with Gasteiger partial charge in [0, 0.05) is 11.9 Å². The summed E-state index contributed by atoms with van der Waals surface area (Å²) < 4.78 is 1.73. The van der Waals surface area contributed by atoms with Gasteiger partial charge in [0.2, 0.25) is 0 Å². The maximum absolute atomic E-state index is 13.4. The number of H-pyrrole nitrogens is 1. The van der Waals surface area contributed by atoms with E-state index in [9.17, 15) is 4.79 Å². The van der Waals surface area contributed by atoms with E-state index in [0.29, 0.717) is 11.5 Å². The lowest BCUT2D eigenvalue weighted by Crippen LogP contribution is -2.31. The van der Waals surface area contributed by atoms with Gasteiger partial charge in [0.05, 0.1) is 39.8 Å². The molecule has 5 rings (SSSR count). The minimum atomic E-state index is -0.124. The molecule has 1 amide bonds. The molecule has 0 radical (unpaired) electrons. The molecule has 1 aliphatic rings. The van der Waals surface area contributed by atoms with E-state index in [4.69, 9.17) is 4.98 Å². The van der Waals surface area contributed by atoms with Gasteiger partial charge in [0.25, 0.3) is 11.9 Å². The van der Waals surface area contributed by atoms with Gasteiger partial charge in [-0.15, -0.1) is 11.3 Å². The summed E-state index contributed by atoms with van der Waals surface area (Å²) in [5.74, 6) is 1.25. The minimum Gasteiger partial charge on any atom is -0.346 e. The molecule has 0 saturated heterocycles. The van der Waals surface area contributed by atoms with Crippen molar-refractivity contribution in [3.63, 3.8) is 0 Å².